The van der Waals surface area contributed by atoms with Crippen LogP contribution in [-0.2, 0) is 6.42 Å². The number of fused-ring (bicyclic) bond motifs is 1. The van der Waals surface area contributed by atoms with Gasteiger partial charge in [-0.25, -0.2) is 0 Å². The number of carbonyl (C=O) groups is 1. The number of aryl methyl sites for hydroxylation is 1. The molecule has 1 atom stereocenters. The second-order valence-corrected chi connectivity index (χ2v) is 5.50. The third-order valence-electron chi connectivity index (χ3n) is 4.06. The Bertz CT molecular complexity index is 646. The highest BCUT2D eigenvalue weighted by Crippen LogP contribution is 2.37. The molecular weight excluding hydrogens is 260 g/mol. The summed E-state index contributed by atoms with van der Waals surface area (Å²) in [4.78, 5) is 12.9. The van der Waals surface area contributed by atoms with Crippen LogP contribution in [0, 0.1) is 0 Å². The van der Waals surface area contributed by atoms with Crippen molar-refractivity contribution >= 4 is 5.78 Å². The van der Waals surface area contributed by atoms with Crippen molar-refractivity contribution in [2.24, 2.45) is 0 Å². The van der Waals surface area contributed by atoms with Crippen LogP contribution >= 0.6 is 0 Å². The van der Waals surface area contributed by atoms with E-state index < -0.39 is 0 Å². The molecule has 0 amide bonds. The molecule has 21 heavy (non-hydrogen) atoms. The molecule has 1 unspecified atom stereocenters. The summed E-state index contributed by atoms with van der Waals surface area (Å²) in [5, 5.41) is 0. The summed E-state index contributed by atoms with van der Waals surface area (Å²) in [5.74, 6) is 0.882. The van der Waals surface area contributed by atoms with Crippen LogP contribution in [0.4, 0.5) is 0 Å². The Morgan fingerprint density at radius 1 is 1.14 bits per heavy atom. The molecule has 2 heteroatoms. The average Bonchev–Trinajstić information content (AvgIpc) is 2.96. The van der Waals surface area contributed by atoms with Gasteiger partial charge in [-0.15, -0.1) is 0 Å². The molecule has 2 aromatic carbocycles. The smallest absolute Gasteiger partial charge is 0.174 e. The molecule has 0 N–H and O–H groups in total. The van der Waals surface area contributed by atoms with E-state index in [1.807, 2.05) is 36.4 Å². The lowest BCUT2D eigenvalue weighted by atomic mass is 9.92. The quantitative estimate of drug-likeness (QED) is 0.759. The number of ether oxygens (including phenoxy) is 1. The van der Waals surface area contributed by atoms with Gasteiger partial charge in [0.05, 0.1) is 12.2 Å². The van der Waals surface area contributed by atoms with Crippen molar-refractivity contribution in [2.45, 2.75) is 32.1 Å². The van der Waals surface area contributed by atoms with E-state index in [4.69, 9.17) is 4.74 Å². The molecule has 3 rings (SSSR count). The van der Waals surface area contributed by atoms with Gasteiger partial charge in [-0.1, -0.05) is 43.3 Å². The van der Waals surface area contributed by atoms with E-state index in [1.165, 1.54) is 11.1 Å². The van der Waals surface area contributed by atoms with Crippen LogP contribution in [0.1, 0.15) is 47.2 Å². The zero-order chi connectivity index (χ0) is 14.7. The van der Waals surface area contributed by atoms with Gasteiger partial charge in [0.15, 0.2) is 5.78 Å². The minimum Gasteiger partial charge on any atom is -0.493 e. The fraction of sp³-hybridized carbons (Fsp3) is 0.316. The van der Waals surface area contributed by atoms with E-state index in [0.29, 0.717) is 17.9 Å². The number of rotatable bonds is 5. The second kappa shape index (κ2) is 6.13. The zero-order valence-corrected chi connectivity index (χ0v) is 12.3. The summed E-state index contributed by atoms with van der Waals surface area (Å²) in [6.45, 7) is 2.71. The third kappa shape index (κ3) is 2.71. The normalized spacial score (nSPS) is 16.5. The highest BCUT2D eigenvalue weighted by Gasteiger charge is 2.30. The minimum atomic E-state index is -0.0208. The van der Waals surface area contributed by atoms with Crippen molar-refractivity contribution in [3.8, 4) is 5.75 Å². The Morgan fingerprint density at radius 3 is 2.76 bits per heavy atom. The first kappa shape index (κ1) is 13.9. The zero-order valence-electron chi connectivity index (χ0n) is 12.3. The lowest BCUT2D eigenvalue weighted by Gasteiger charge is -2.14. The molecule has 2 nitrogen and oxygen atoms in total. The number of hydrogen-bond acceptors (Lipinski definition) is 2. The van der Waals surface area contributed by atoms with Crippen LogP contribution in [0.15, 0.2) is 48.5 Å². The van der Waals surface area contributed by atoms with E-state index >= 15 is 0 Å². The fourth-order valence-corrected chi connectivity index (χ4v) is 3.03. The summed E-state index contributed by atoms with van der Waals surface area (Å²) in [6.07, 6.45) is 2.83. The van der Waals surface area contributed by atoms with Crippen LogP contribution in [0.3, 0.4) is 0 Å². The van der Waals surface area contributed by atoms with Gasteiger partial charge in [-0.2, -0.15) is 0 Å². The molecule has 1 aliphatic rings. The van der Waals surface area contributed by atoms with Gasteiger partial charge in [-0.3, -0.25) is 4.79 Å². The van der Waals surface area contributed by atoms with E-state index in [0.717, 1.165) is 19.3 Å². The molecule has 108 valence electrons. The van der Waals surface area contributed by atoms with Crippen LogP contribution in [0.25, 0.3) is 0 Å². The molecule has 0 fully saturated rings. The summed E-state index contributed by atoms with van der Waals surface area (Å²) in [5.41, 5.74) is 3.21. The maximum absolute atomic E-state index is 12.9. The van der Waals surface area contributed by atoms with Crippen molar-refractivity contribution in [1.82, 2.24) is 0 Å². The van der Waals surface area contributed by atoms with E-state index in [2.05, 4.69) is 19.1 Å². The van der Waals surface area contributed by atoms with Gasteiger partial charge in [0.25, 0.3) is 0 Å². The molecule has 0 heterocycles. The lowest BCUT2D eigenvalue weighted by molar-refractivity contribution is 0.0955. The monoisotopic (exact) mass is 280 g/mol. The Hall–Kier alpha value is -2.09. The first-order valence-corrected chi connectivity index (χ1v) is 7.65. The van der Waals surface area contributed by atoms with Crippen molar-refractivity contribution in [2.75, 3.05) is 6.61 Å². The molecule has 0 aromatic heterocycles. The topological polar surface area (TPSA) is 26.3 Å². The minimum absolute atomic E-state index is 0.0208. The number of ketones is 1. The summed E-state index contributed by atoms with van der Waals surface area (Å²) in [6, 6.07) is 15.9. The van der Waals surface area contributed by atoms with Crippen molar-refractivity contribution in [3.05, 3.63) is 65.2 Å². The van der Waals surface area contributed by atoms with Crippen LogP contribution in [0.5, 0.6) is 5.75 Å². The lowest BCUT2D eigenvalue weighted by Crippen LogP contribution is -2.12. The van der Waals surface area contributed by atoms with Crippen molar-refractivity contribution in [1.29, 1.82) is 0 Å². The molecule has 1 aliphatic carbocycles. The Morgan fingerprint density at radius 2 is 1.90 bits per heavy atom. The highest BCUT2D eigenvalue weighted by molar-refractivity contribution is 6.03. The fourth-order valence-electron chi connectivity index (χ4n) is 3.03. The summed E-state index contributed by atoms with van der Waals surface area (Å²) < 4.78 is 5.73. The standard InChI is InChI=1S/C19H20O2/c1-2-13-21-18-10-6-5-9-17(18)19(20)16-12-11-14-7-3-4-8-15(14)16/h3-10,16H,2,11-13H2,1H3. The van der Waals surface area contributed by atoms with Gasteiger partial charge >= 0.3 is 0 Å². The number of hydrogen-bond donors (Lipinski definition) is 0. The van der Waals surface area contributed by atoms with E-state index in [9.17, 15) is 4.79 Å². The predicted octanol–water partition coefficient (Wildman–Crippen LogP) is 4.39. The van der Waals surface area contributed by atoms with E-state index in [-0.39, 0.29) is 11.7 Å². The number of para-hydroxylation sites is 1. The van der Waals surface area contributed by atoms with Gasteiger partial charge < -0.3 is 4.74 Å². The Kier molecular flexibility index (Phi) is 4.05. The maximum Gasteiger partial charge on any atom is 0.174 e. The number of Topliss-reactive ketones (excluding diaryl/α,β-unsaturated/α-hetero) is 1. The van der Waals surface area contributed by atoms with Crippen LogP contribution in [0.2, 0.25) is 0 Å². The summed E-state index contributed by atoms with van der Waals surface area (Å²) >= 11 is 0. The number of benzene rings is 2. The molecule has 0 saturated carbocycles. The SMILES string of the molecule is CCCOc1ccccc1C(=O)C1CCc2ccccc21. The van der Waals surface area contributed by atoms with E-state index in [1.54, 1.807) is 0 Å². The molecule has 0 aliphatic heterocycles. The predicted molar refractivity (Wildman–Crippen MR) is 84.1 cm³/mol. The van der Waals surface area contributed by atoms with Crippen molar-refractivity contribution < 1.29 is 9.53 Å². The van der Waals surface area contributed by atoms with Gasteiger partial charge in [0, 0.05) is 5.92 Å². The van der Waals surface area contributed by atoms with Gasteiger partial charge in [-0.05, 0) is 42.5 Å². The van der Waals surface area contributed by atoms with Gasteiger partial charge in [0.1, 0.15) is 5.75 Å². The van der Waals surface area contributed by atoms with Crippen LogP contribution < -0.4 is 4.74 Å². The van der Waals surface area contributed by atoms with Gasteiger partial charge in [0.2, 0.25) is 0 Å². The van der Waals surface area contributed by atoms with Crippen LogP contribution in [-0.4, -0.2) is 12.4 Å². The molecule has 0 bridgehead atoms. The Balaban J connectivity index is 1.90. The maximum atomic E-state index is 12.9. The third-order valence-corrected chi connectivity index (χ3v) is 4.06. The second-order valence-electron chi connectivity index (χ2n) is 5.50. The Labute approximate surface area is 125 Å². The molecule has 0 spiro atoms. The highest BCUT2D eigenvalue weighted by atomic mass is 16.5. The molecular formula is C19H20O2. The first-order valence-electron chi connectivity index (χ1n) is 7.65. The molecule has 0 radical (unpaired) electrons. The molecule has 2 aromatic rings. The average molecular weight is 280 g/mol. The number of carbonyl (C=O) groups excluding carboxylic acids is 1. The summed E-state index contributed by atoms with van der Waals surface area (Å²) in [7, 11) is 0. The molecule has 0 saturated heterocycles. The first-order chi connectivity index (χ1) is 10.3. The van der Waals surface area contributed by atoms with Crippen molar-refractivity contribution in [3.63, 3.8) is 0 Å². The largest absolute Gasteiger partial charge is 0.493 e.